The van der Waals surface area contributed by atoms with Gasteiger partial charge < -0.3 is 0 Å². The average Bonchev–Trinajstić information content (AvgIpc) is 2.47. The molecule has 68 valence electrons. The summed E-state index contributed by atoms with van der Waals surface area (Å²) in [6.45, 7) is 4.33. The lowest BCUT2D eigenvalue weighted by Gasteiger charge is -2.04. The Balaban J connectivity index is 2.66. The molecule has 0 radical (unpaired) electrons. The van der Waals surface area contributed by atoms with E-state index < -0.39 is 0 Å². The second kappa shape index (κ2) is 2.83. The predicted octanol–water partition coefficient (Wildman–Crippen LogP) is 2.09. The van der Waals surface area contributed by atoms with Crippen molar-refractivity contribution in [2.75, 3.05) is 0 Å². The lowest BCUT2D eigenvalue weighted by Crippen LogP contribution is -1.93. The molecule has 0 aliphatic heterocycles. The van der Waals surface area contributed by atoms with Gasteiger partial charge in [-0.1, -0.05) is 13.8 Å². The van der Waals surface area contributed by atoms with Crippen molar-refractivity contribution in [1.82, 2.24) is 14.8 Å². The number of hydrogen-bond acceptors (Lipinski definition) is 2. The van der Waals surface area contributed by atoms with Gasteiger partial charge in [0.05, 0.1) is 11.7 Å². The fourth-order valence-corrected chi connectivity index (χ4v) is 1.36. The molecular weight excluding hydrogens is 162 g/mol. The third-order valence-corrected chi connectivity index (χ3v) is 2.29. The van der Waals surface area contributed by atoms with Crippen molar-refractivity contribution in [2.24, 2.45) is 7.05 Å². The molecule has 3 heteroatoms. The standard InChI is InChI=1S/C10H13N3/c1-7(2)8-4-10-9(11-5-8)6-12-13(10)3/h4-7H,1-3H3. The highest BCUT2D eigenvalue weighted by Crippen LogP contribution is 2.17. The summed E-state index contributed by atoms with van der Waals surface area (Å²) in [6, 6.07) is 2.15. The lowest BCUT2D eigenvalue weighted by molar-refractivity contribution is 0.793. The maximum atomic E-state index is 4.34. The van der Waals surface area contributed by atoms with Crippen molar-refractivity contribution >= 4 is 11.0 Å². The predicted molar refractivity (Wildman–Crippen MR) is 52.6 cm³/mol. The van der Waals surface area contributed by atoms with Crippen molar-refractivity contribution in [3.8, 4) is 0 Å². The van der Waals surface area contributed by atoms with Gasteiger partial charge in [-0.05, 0) is 17.5 Å². The number of aromatic nitrogens is 3. The van der Waals surface area contributed by atoms with Crippen LogP contribution in [0.1, 0.15) is 25.3 Å². The van der Waals surface area contributed by atoms with Crippen LogP contribution in [-0.4, -0.2) is 14.8 Å². The van der Waals surface area contributed by atoms with Crippen LogP contribution in [0.15, 0.2) is 18.5 Å². The number of aryl methyl sites for hydroxylation is 1. The van der Waals surface area contributed by atoms with Gasteiger partial charge in [0, 0.05) is 13.2 Å². The largest absolute Gasteiger partial charge is 0.266 e. The van der Waals surface area contributed by atoms with E-state index in [1.807, 2.05) is 17.9 Å². The topological polar surface area (TPSA) is 30.7 Å². The minimum Gasteiger partial charge on any atom is -0.266 e. The third kappa shape index (κ3) is 1.30. The maximum absolute atomic E-state index is 4.34. The summed E-state index contributed by atoms with van der Waals surface area (Å²) in [5.74, 6) is 0.520. The molecule has 3 nitrogen and oxygen atoms in total. The highest BCUT2D eigenvalue weighted by molar-refractivity contribution is 5.74. The summed E-state index contributed by atoms with van der Waals surface area (Å²) >= 11 is 0. The monoisotopic (exact) mass is 175 g/mol. The zero-order chi connectivity index (χ0) is 9.42. The van der Waals surface area contributed by atoms with Crippen molar-refractivity contribution in [3.05, 3.63) is 24.0 Å². The zero-order valence-electron chi connectivity index (χ0n) is 8.15. The van der Waals surface area contributed by atoms with Crippen molar-refractivity contribution in [1.29, 1.82) is 0 Å². The van der Waals surface area contributed by atoms with Gasteiger partial charge >= 0.3 is 0 Å². The molecule has 0 spiro atoms. The molecule has 0 amide bonds. The van der Waals surface area contributed by atoms with E-state index in [0.29, 0.717) is 5.92 Å². The van der Waals surface area contributed by atoms with Gasteiger partial charge in [0.15, 0.2) is 0 Å². The van der Waals surface area contributed by atoms with Crippen LogP contribution in [0.5, 0.6) is 0 Å². The highest BCUT2D eigenvalue weighted by Gasteiger charge is 2.04. The molecule has 2 rings (SSSR count). The number of rotatable bonds is 1. The first-order valence-electron chi connectivity index (χ1n) is 4.46. The van der Waals surface area contributed by atoms with Crippen LogP contribution in [0, 0.1) is 0 Å². The number of pyridine rings is 1. The van der Waals surface area contributed by atoms with Crippen LogP contribution in [0.3, 0.4) is 0 Å². The molecule has 0 saturated carbocycles. The molecule has 0 bridgehead atoms. The fourth-order valence-electron chi connectivity index (χ4n) is 1.36. The summed E-state index contributed by atoms with van der Waals surface area (Å²) in [4.78, 5) is 4.34. The Bertz CT molecular complexity index is 429. The second-order valence-electron chi connectivity index (χ2n) is 3.60. The molecule has 0 aliphatic rings. The summed E-state index contributed by atoms with van der Waals surface area (Å²) < 4.78 is 1.86. The van der Waals surface area contributed by atoms with Crippen LogP contribution in [0.25, 0.3) is 11.0 Å². The first-order valence-corrected chi connectivity index (χ1v) is 4.46. The molecule has 0 unspecified atom stereocenters. The van der Waals surface area contributed by atoms with Crippen molar-refractivity contribution in [2.45, 2.75) is 19.8 Å². The van der Waals surface area contributed by atoms with Gasteiger partial charge in [0.1, 0.15) is 5.52 Å². The van der Waals surface area contributed by atoms with E-state index in [1.165, 1.54) is 5.56 Å². The van der Waals surface area contributed by atoms with E-state index in [2.05, 4.69) is 30.0 Å². The van der Waals surface area contributed by atoms with Gasteiger partial charge in [-0.15, -0.1) is 0 Å². The maximum Gasteiger partial charge on any atom is 0.108 e. The minimum absolute atomic E-state index is 0.520. The normalized spacial score (nSPS) is 11.4. The van der Waals surface area contributed by atoms with Gasteiger partial charge in [-0.25, -0.2) is 0 Å². The molecule has 0 atom stereocenters. The van der Waals surface area contributed by atoms with Crippen molar-refractivity contribution < 1.29 is 0 Å². The van der Waals surface area contributed by atoms with E-state index in [4.69, 9.17) is 0 Å². The van der Waals surface area contributed by atoms with Gasteiger partial charge in [-0.2, -0.15) is 5.10 Å². The van der Waals surface area contributed by atoms with Gasteiger partial charge in [-0.3, -0.25) is 9.67 Å². The Morgan fingerprint density at radius 3 is 2.77 bits per heavy atom. The Kier molecular flexibility index (Phi) is 1.79. The number of fused-ring (bicyclic) bond motifs is 1. The molecule has 2 aromatic rings. The van der Waals surface area contributed by atoms with Crippen LogP contribution in [0.4, 0.5) is 0 Å². The lowest BCUT2D eigenvalue weighted by atomic mass is 10.1. The van der Waals surface area contributed by atoms with E-state index in [-0.39, 0.29) is 0 Å². The molecule has 0 saturated heterocycles. The van der Waals surface area contributed by atoms with E-state index >= 15 is 0 Å². The van der Waals surface area contributed by atoms with Crippen molar-refractivity contribution in [3.63, 3.8) is 0 Å². The SMILES string of the molecule is CC(C)c1cnc2cnn(C)c2c1. The molecule has 2 aromatic heterocycles. The average molecular weight is 175 g/mol. The molecule has 0 N–H and O–H groups in total. The highest BCUT2D eigenvalue weighted by atomic mass is 15.3. The molecule has 0 aromatic carbocycles. The third-order valence-electron chi connectivity index (χ3n) is 2.29. The zero-order valence-corrected chi connectivity index (χ0v) is 8.15. The number of hydrogen-bond donors (Lipinski definition) is 0. The summed E-state index contributed by atoms with van der Waals surface area (Å²) in [5.41, 5.74) is 3.33. The van der Waals surface area contributed by atoms with Crippen LogP contribution >= 0.6 is 0 Å². The second-order valence-corrected chi connectivity index (χ2v) is 3.60. The van der Waals surface area contributed by atoms with E-state index in [0.717, 1.165) is 11.0 Å². The molecule has 2 heterocycles. The Morgan fingerprint density at radius 2 is 2.08 bits per heavy atom. The molecule has 0 fully saturated rings. The smallest absolute Gasteiger partial charge is 0.108 e. The first kappa shape index (κ1) is 8.23. The summed E-state index contributed by atoms with van der Waals surface area (Å²) in [7, 11) is 1.94. The van der Waals surface area contributed by atoms with Crippen LogP contribution < -0.4 is 0 Å². The van der Waals surface area contributed by atoms with Crippen LogP contribution in [-0.2, 0) is 7.05 Å². The Morgan fingerprint density at radius 1 is 1.31 bits per heavy atom. The number of nitrogens with zero attached hydrogens (tertiary/aromatic N) is 3. The molecular formula is C10H13N3. The van der Waals surface area contributed by atoms with Gasteiger partial charge in [0.25, 0.3) is 0 Å². The minimum atomic E-state index is 0.520. The van der Waals surface area contributed by atoms with Crippen LogP contribution in [0.2, 0.25) is 0 Å². The summed E-state index contributed by atoms with van der Waals surface area (Å²) in [5, 5.41) is 4.15. The molecule has 0 aliphatic carbocycles. The van der Waals surface area contributed by atoms with E-state index in [9.17, 15) is 0 Å². The van der Waals surface area contributed by atoms with Gasteiger partial charge in [0.2, 0.25) is 0 Å². The Hall–Kier alpha value is -1.38. The van der Waals surface area contributed by atoms with E-state index in [1.54, 1.807) is 6.20 Å². The first-order chi connectivity index (χ1) is 6.18. The molecule has 13 heavy (non-hydrogen) atoms. The fraction of sp³-hybridized carbons (Fsp3) is 0.400. The Labute approximate surface area is 77.4 Å². The quantitative estimate of drug-likeness (QED) is 0.664. The summed E-state index contributed by atoms with van der Waals surface area (Å²) in [6.07, 6.45) is 3.72.